The third kappa shape index (κ3) is 3.26. The summed E-state index contributed by atoms with van der Waals surface area (Å²) in [6, 6.07) is 16.0. The van der Waals surface area contributed by atoms with Crippen molar-refractivity contribution in [1.29, 1.82) is 0 Å². The molecule has 1 atom stereocenters. The van der Waals surface area contributed by atoms with Crippen molar-refractivity contribution in [2.75, 3.05) is 17.8 Å². The van der Waals surface area contributed by atoms with E-state index < -0.39 is 0 Å². The van der Waals surface area contributed by atoms with Crippen molar-refractivity contribution in [3.63, 3.8) is 0 Å². The molecular formula is C21H22N4O2S. The van der Waals surface area contributed by atoms with Gasteiger partial charge in [-0.1, -0.05) is 42.1 Å². The zero-order chi connectivity index (χ0) is 19.7. The summed E-state index contributed by atoms with van der Waals surface area (Å²) in [7, 11) is 3.54. The lowest BCUT2D eigenvalue weighted by molar-refractivity contribution is -0.116. The van der Waals surface area contributed by atoms with E-state index in [2.05, 4.69) is 23.2 Å². The van der Waals surface area contributed by atoms with Crippen molar-refractivity contribution >= 4 is 23.4 Å². The molecule has 0 aliphatic carbocycles. The minimum absolute atomic E-state index is 0.0873. The van der Waals surface area contributed by atoms with E-state index in [-0.39, 0.29) is 11.9 Å². The number of methoxy groups -OCH3 is 1. The Morgan fingerprint density at radius 2 is 1.93 bits per heavy atom. The summed E-state index contributed by atoms with van der Waals surface area (Å²) in [5.41, 5.74) is 3.12. The summed E-state index contributed by atoms with van der Waals surface area (Å²) in [5, 5.41) is 9.29. The number of rotatable bonds is 5. The number of fused-ring (bicyclic) bond motifs is 1. The first-order chi connectivity index (χ1) is 13.6. The van der Waals surface area contributed by atoms with E-state index in [1.165, 1.54) is 17.3 Å². The molecule has 0 spiro atoms. The van der Waals surface area contributed by atoms with Gasteiger partial charge in [0, 0.05) is 18.8 Å². The molecule has 6 nitrogen and oxygen atoms in total. The number of carbonyl (C=O) groups is 1. The summed E-state index contributed by atoms with van der Waals surface area (Å²) in [5.74, 6) is 1.86. The maximum atomic E-state index is 12.9. The van der Waals surface area contributed by atoms with Crippen LogP contribution in [0, 0.1) is 0 Å². The minimum Gasteiger partial charge on any atom is -0.496 e. The lowest BCUT2D eigenvalue weighted by atomic mass is 10.1. The fourth-order valence-corrected chi connectivity index (χ4v) is 4.42. The van der Waals surface area contributed by atoms with Gasteiger partial charge >= 0.3 is 0 Å². The molecule has 0 saturated carbocycles. The molecule has 0 unspecified atom stereocenters. The normalized spacial score (nSPS) is 15.5. The van der Waals surface area contributed by atoms with Gasteiger partial charge in [0.2, 0.25) is 5.91 Å². The first-order valence-corrected chi connectivity index (χ1v) is 10.1. The van der Waals surface area contributed by atoms with Crippen LogP contribution < -0.4 is 9.64 Å². The third-order valence-electron chi connectivity index (χ3n) is 4.98. The van der Waals surface area contributed by atoms with E-state index >= 15 is 0 Å². The Morgan fingerprint density at radius 3 is 2.75 bits per heavy atom. The van der Waals surface area contributed by atoms with Crippen molar-refractivity contribution in [2.45, 2.75) is 24.5 Å². The number of thioether (sulfide) groups is 1. The van der Waals surface area contributed by atoms with Gasteiger partial charge < -0.3 is 14.2 Å². The summed E-state index contributed by atoms with van der Waals surface area (Å²) < 4.78 is 7.33. The smallest absolute Gasteiger partial charge is 0.237 e. The van der Waals surface area contributed by atoms with Gasteiger partial charge in [0.1, 0.15) is 5.75 Å². The van der Waals surface area contributed by atoms with Crippen molar-refractivity contribution in [3.8, 4) is 17.1 Å². The first-order valence-electron chi connectivity index (χ1n) is 9.15. The number of hydrogen-bond donors (Lipinski definition) is 0. The number of para-hydroxylation sites is 2. The standard InChI is InChI=1S/C21H22N4O2S/c1-14-12-15-8-4-6-10-17(15)25(14)19(26)13-28-21-23-22-20(24(21)2)16-9-5-7-11-18(16)27-3/h4-11,14H,12-13H2,1-3H3/t14-/m0/s1. The summed E-state index contributed by atoms with van der Waals surface area (Å²) in [6.45, 7) is 2.09. The van der Waals surface area contributed by atoms with Crippen LogP contribution in [0.4, 0.5) is 5.69 Å². The molecule has 7 heteroatoms. The largest absolute Gasteiger partial charge is 0.496 e. The Bertz CT molecular complexity index is 1020. The molecule has 144 valence electrons. The highest BCUT2D eigenvalue weighted by atomic mass is 32.2. The molecule has 1 aromatic heterocycles. The van der Waals surface area contributed by atoms with Gasteiger partial charge in [-0.15, -0.1) is 10.2 Å². The molecule has 0 N–H and O–H groups in total. The van der Waals surface area contributed by atoms with E-state index in [1.54, 1.807) is 7.11 Å². The molecule has 4 rings (SSSR count). The van der Waals surface area contributed by atoms with Crippen LogP contribution in [0.25, 0.3) is 11.4 Å². The van der Waals surface area contributed by atoms with Gasteiger partial charge in [-0.05, 0) is 37.1 Å². The SMILES string of the molecule is COc1ccccc1-c1nnc(SCC(=O)N2c3ccccc3C[C@@H]2C)n1C. The first kappa shape index (κ1) is 18.6. The molecule has 1 amide bonds. The van der Waals surface area contributed by atoms with E-state index in [1.807, 2.05) is 59.0 Å². The third-order valence-corrected chi connectivity index (χ3v) is 5.99. The molecular weight excluding hydrogens is 372 g/mol. The second kappa shape index (κ2) is 7.67. The number of benzene rings is 2. The van der Waals surface area contributed by atoms with Crippen LogP contribution in [-0.2, 0) is 18.3 Å². The molecule has 3 aromatic rings. The molecule has 0 fully saturated rings. The summed E-state index contributed by atoms with van der Waals surface area (Å²) in [6.07, 6.45) is 0.897. The molecule has 0 bridgehead atoms. The van der Waals surface area contributed by atoms with Gasteiger partial charge in [-0.3, -0.25) is 4.79 Å². The zero-order valence-electron chi connectivity index (χ0n) is 16.1. The minimum atomic E-state index is 0.0873. The fourth-order valence-electron chi connectivity index (χ4n) is 3.65. The van der Waals surface area contributed by atoms with Crippen LogP contribution in [0.2, 0.25) is 0 Å². The lowest BCUT2D eigenvalue weighted by Crippen LogP contribution is -2.37. The molecule has 1 aliphatic heterocycles. The fraction of sp³-hybridized carbons (Fsp3) is 0.286. The second-order valence-electron chi connectivity index (χ2n) is 6.80. The average Bonchev–Trinajstić information content (AvgIpc) is 3.24. The number of carbonyl (C=O) groups excluding carboxylic acids is 1. The molecule has 28 heavy (non-hydrogen) atoms. The van der Waals surface area contributed by atoms with Crippen LogP contribution in [0.1, 0.15) is 12.5 Å². The number of amides is 1. The predicted molar refractivity (Wildman–Crippen MR) is 111 cm³/mol. The summed E-state index contributed by atoms with van der Waals surface area (Å²) in [4.78, 5) is 14.8. The number of hydrogen-bond acceptors (Lipinski definition) is 5. The number of aromatic nitrogens is 3. The van der Waals surface area contributed by atoms with Gasteiger partial charge in [-0.25, -0.2) is 0 Å². The second-order valence-corrected chi connectivity index (χ2v) is 7.74. The number of anilines is 1. The van der Waals surface area contributed by atoms with Crippen LogP contribution >= 0.6 is 11.8 Å². The van der Waals surface area contributed by atoms with Crippen molar-refractivity contribution in [2.24, 2.45) is 7.05 Å². The zero-order valence-corrected chi connectivity index (χ0v) is 16.9. The van der Waals surface area contributed by atoms with Crippen molar-refractivity contribution in [3.05, 3.63) is 54.1 Å². The Labute approximate surface area is 168 Å². The van der Waals surface area contributed by atoms with Crippen LogP contribution in [0.5, 0.6) is 5.75 Å². The molecule has 2 aromatic carbocycles. The van der Waals surface area contributed by atoms with Gasteiger partial charge in [-0.2, -0.15) is 0 Å². The highest BCUT2D eigenvalue weighted by Gasteiger charge is 2.30. The predicted octanol–water partition coefficient (Wildman–Crippen LogP) is 3.56. The molecule has 0 radical (unpaired) electrons. The summed E-state index contributed by atoms with van der Waals surface area (Å²) >= 11 is 1.40. The maximum Gasteiger partial charge on any atom is 0.237 e. The Hall–Kier alpha value is -2.80. The van der Waals surface area contributed by atoms with Crippen LogP contribution in [-0.4, -0.2) is 39.6 Å². The van der Waals surface area contributed by atoms with Gasteiger partial charge in [0.15, 0.2) is 11.0 Å². The van der Waals surface area contributed by atoms with Gasteiger partial charge in [0.05, 0.1) is 18.4 Å². The number of ether oxygens (including phenoxy) is 1. The van der Waals surface area contributed by atoms with E-state index in [9.17, 15) is 4.79 Å². The average molecular weight is 395 g/mol. The highest BCUT2D eigenvalue weighted by Crippen LogP contribution is 2.33. The Balaban J connectivity index is 1.51. The Kier molecular flexibility index (Phi) is 5.09. The molecule has 2 heterocycles. The van der Waals surface area contributed by atoms with Gasteiger partial charge in [0.25, 0.3) is 0 Å². The number of nitrogens with zero attached hydrogens (tertiary/aromatic N) is 4. The molecule has 1 aliphatic rings. The van der Waals surface area contributed by atoms with E-state index in [4.69, 9.17) is 4.74 Å². The van der Waals surface area contributed by atoms with Crippen LogP contribution in [0.15, 0.2) is 53.7 Å². The highest BCUT2D eigenvalue weighted by molar-refractivity contribution is 7.99. The van der Waals surface area contributed by atoms with Crippen molar-refractivity contribution < 1.29 is 9.53 Å². The molecule has 0 saturated heterocycles. The van der Waals surface area contributed by atoms with E-state index in [0.29, 0.717) is 16.7 Å². The van der Waals surface area contributed by atoms with E-state index in [0.717, 1.165) is 23.4 Å². The monoisotopic (exact) mass is 394 g/mol. The quantitative estimate of drug-likeness (QED) is 0.619. The topological polar surface area (TPSA) is 60.3 Å². The maximum absolute atomic E-state index is 12.9. The van der Waals surface area contributed by atoms with Crippen LogP contribution in [0.3, 0.4) is 0 Å². The lowest BCUT2D eigenvalue weighted by Gasteiger charge is -2.22. The van der Waals surface area contributed by atoms with Crippen molar-refractivity contribution in [1.82, 2.24) is 14.8 Å². The Morgan fingerprint density at radius 1 is 1.18 bits per heavy atom.